The van der Waals surface area contributed by atoms with Gasteiger partial charge in [-0.1, -0.05) is 0 Å². The molecule has 2 aromatic heterocycles. The Kier molecular flexibility index (Phi) is 7.57. The number of halogens is 1. The number of nitrogens with zero attached hydrogens (tertiary/aromatic N) is 4. The summed E-state index contributed by atoms with van der Waals surface area (Å²) in [6.07, 6.45) is 2.81. The van der Waals surface area contributed by atoms with Crippen LogP contribution in [0.15, 0.2) is 34.1 Å². The first kappa shape index (κ1) is 18.5. The van der Waals surface area contributed by atoms with E-state index in [9.17, 15) is 0 Å². The molecule has 1 aliphatic rings. The average Bonchev–Trinajstić information content (AvgIpc) is 3.25. The molecule has 0 unspecified atom stereocenters. The van der Waals surface area contributed by atoms with Crippen LogP contribution in [0.5, 0.6) is 0 Å². The van der Waals surface area contributed by atoms with Gasteiger partial charge in [-0.05, 0) is 17.5 Å². The molecule has 0 atom stereocenters. The fourth-order valence-electron chi connectivity index (χ4n) is 2.58. The number of thiazole rings is 1. The fraction of sp³-hybridized carbons (Fsp3) is 0.467. The van der Waals surface area contributed by atoms with E-state index in [-0.39, 0.29) is 24.0 Å². The van der Waals surface area contributed by atoms with Crippen molar-refractivity contribution in [2.45, 2.75) is 6.42 Å². The third-order valence-electron chi connectivity index (χ3n) is 3.71. The zero-order valence-electron chi connectivity index (χ0n) is 13.1. The maximum Gasteiger partial charge on any atom is 0.193 e. The molecule has 0 saturated carbocycles. The highest BCUT2D eigenvalue weighted by Gasteiger charge is 2.20. The molecule has 1 fully saturated rings. The van der Waals surface area contributed by atoms with E-state index in [0.717, 1.165) is 45.1 Å². The topological polar surface area (TPSA) is 43.8 Å². The monoisotopic (exact) mass is 463 g/mol. The second-order valence-corrected chi connectivity index (χ2v) is 6.98. The summed E-state index contributed by atoms with van der Waals surface area (Å²) in [5.74, 6) is 1.00. The van der Waals surface area contributed by atoms with Crippen LogP contribution in [-0.4, -0.2) is 55.6 Å². The molecule has 0 aliphatic carbocycles. The van der Waals surface area contributed by atoms with Crippen molar-refractivity contribution < 1.29 is 0 Å². The number of aromatic nitrogens is 1. The van der Waals surface area contributed by atoms with Crippen LogP contribution in [0.3, 0.4) is 0 Å². The summed E-state index contributed by atoms with van der Waals surface area (Å²) >= 11 is 3.52. The van der Waals surface area contributed by atoms with Gasteiger partial charge < -0.3 is 15.1 Å². The molecule has 0 radical (unpaired) electrons. The van der Waals surface area contributed by atoms with Crippen molar-refractivity contribution in [2.75, 3.05) is 44.7 Å². The lowest BCUT2D eigenvalue weighted by atomic mass is 10.3. The predicted octanol–water partition coefficient (Wildman–Crippen LogP) is 2.76. The number of hydrogen-bond donors (Lipinski definition) is 1. The van der Waals surface area contributed by atoms with Gasteiger partial charge in [-0.2, -0.15) is 0 Å². The van der Waals surface area contributed by atoms with Crippen molar-refractivity contribution in [2.24, 2.45) is 4.99 Å². The van der Waals surface area contributed by atoms with Crippen LogP contribution in [-0.2, 0) is 6.42 Å². The summed E-state index contributed by atoms with van der Waals surface area (Å²) in [5, 5.41) is 10.2. The fourth-order valence-corrected chi connectivity index (χ4v) is 3.98. The summed E-state index contributed by atoms with van der Waals surface area (Å²) in [5.41, 5.74) is 0. The van der Waals surface area contributed by atoms with Gasteiger partial charge in [0.05, 0.1) is 10.0 Å². The Morgan fingerprint density at radius 3 is 2.70 bits per heavy atom. The first-order valence-electron chi connectivity index (χ1n) is 7.49. The van der Waals surface area contributed by atoms with E-state index in [1.54, 1.807) is 11.3 Å². The third kappa shape index (κ3) is 5.05. The lowest BCUT2D eigenvalue weighted by Crippen LogP contribution is -2.52. The molecule has 1 saturated heterocycles. The molecular formula is C15H22IN5S2. The normalized spacial score (nSPS) is 15.4. The molecule has 2 aromatic rings. The first-order chi connectivity index (χ1) is 10.9. The Bertz CT molecular complexity index is 577. The van der Waals surface area contributed by atoms with E-state index in [0.29, 0.717) is 0 Å². The SMILES string of the molecule is CN=C(NCCc1nccs1)N1CCN(c2cccs2)CC1.I. The third-order valence-corrected chi connectivity index (χ3v) is 5.48. The van der Waals surface area contributed by atoms with Gasteiger partial charge in [-0.25, -0.2) is 4.98 Å². The Hall–Kier alpha value is -0.870. The number of guanidine groups is 1. The van der Waals surface area contributed by atoms with Crippen LogP contribution in [0.4, 0.5) is 5.00 Å². The zero-order valence-corrected chi connectivity index (χ0v) is 17.1. The van der Waals surface area contributed by atoms with Gasteiger partial charge in [0.15, 0.2) is 5.96 Å². The molecule has 0 aromatic carbocycles. The van der Waals surface area contributed by atoms with Crippen molar-refractivity contribution in [3.05, 3.63) is 34.1 Å². The number of hydrogen-bond acceptors (Lipinski definition) is 5. The van der Waals surface area contributed by atoms with Crippen LogP contribution >= 0.6 is 46.7 Å². The van der Waals surface area contributed by atoms with Gasteiger partial charge in [0.25, 0.3) is 0 Å². The van der Waals surface area contributed by atoms with Crippen molar-refractivity contribution in [3.63, 3.8) is 0 Å². The van der Waals surface area contributed by atoms with E-state index < -0.39 is 0 Å². The Morgan fingerprint density at radius 2 is 2.09 bits per heavy atom. The molecule has 3 heterocycles. The molecule has 23 heavy (non-hydrogen) atoms. The minimum absolute atomic E-state index is 0. The smallest absolute Gasteiger partial charge is 0.193 e. The lowest BCUT2D eigenvalue weighted by Gasteiger charge is -2.37. The van der Waals surface area contributed by atoms with Gasteiger partial charge in [0, 0.05) is 57.8 Å². The highest BCUT2D eigenvalue weighted by atomic mass is 127. The first-order valence-corrected chi connectivity index (χ1v) is 9.25. The number of aliphatic imine (C=N–C) groups is 1. The number of piperazine rings is 1. The zero-order chi connectivity index (χ0) is 15.2. The quantitative estimate of drug-likeness (QED) is 0.431. The number of thiophene rings is 1. The average molecular weight is 463 g/mol. The number of nitrogens with one attached hydrogen (secondary N) is 1. The van der Waals surface area contributed by atoms with E-state index in [1.807, 2.05) is 30.0 Å². The summed E-state index contributed by atoms with van der Waals surface area (Å²) in [6.45, 7) is 5.00. The van der Waals surface area contributed by atoms with Crippen molar-refractivity contribution in [3.8, 4) is 0 Å². The van der Waals surface area contributed by atoms with Gasteiger partial charge in [-0.3, -0.25) is 4.99 Å². The number of rotatable bonds is 4. The Balaban J connectivity index is 0.00000192. The van der Waals surface area contributed by atoms with Gasteiger partial charge in [0.1, 0.15) is 0 Å². The molecular weight excluding hydrogens is 441 g/mol. The molecule has 3 rings (SSSR count). The van der Waals surface area contributed by atoms with Crippen molar-refractivity contribution in [1.82, 2.24) is 15.2 Å². The van der Waals surface area contributed by atoms with E-state index in [2.05, 4.69) is 42.6 Å². The summed E-state index contributed by atoms with van der Waals surface area (Å²) < 4.78 is 0. The maximum atomic E-state index is 4.42. The predicted molar refractivity (Wildman–Crippen MR) is 111 cm³/mol. The molecule has 0 bridgehead atoms. The standard InChI is InChI=1S/C15H21N5S2.HI/c1-16-15(18-5-4-13-17-6-12-21-13)20-9-7-19(8-10-20)14-3-2-11-22-14;/h2-3,6,11-12H,4-5,7-10H2,1H3,(H,16,18);1H. The Labute approximate surface area is 162 Å². The van der Waals surface area contributed by atoms with E-state index >= 15 is 0 Å². The molecule has 0 spiro atoms. The lowest BCUT2D eigenvalue weighted by molar-refractivity contribution is 0.374. The summed E-state index contributed by atoms with van der Waals surface area (Å²) in [7, 11) is 1.86. The van der Waals surface area contributed by atoms with Gasteiger partial charge >= 0.3 is 0 Å². The molecule has 126 valence electrons. The maximum absolute atomic E-state index is 4.42. The number of anilines is 1. The highest BCUT2D eigenvalue weighted by molar-refractivity contribution is 14.0. The van der Waals surface area contributed by atoms with Gasteiger partial charge in [0.2, 0.25) is 0 Å². The van der Waals surface area contributed by atoms with Crippen LogP contribution in [0.2, 0.25) is 0 Å². The van der Waals surface area contributed by atoms with Crippen LogP contribution in [0.1, 0.15) is 5.01 Å². The molecule has 1 N–H and O–H groups in total. The minimum Gasteiger partial charge on any atom is -0.360 e. The van der Waals surface area contributed by atoms with Crippen molar-refractivity contribution >= 4 is 57.6 Å². The Morgan fingerprint density at radius 1 is 1.26 bits per heavy atom. The highest BCUT2D eigenvalue weighted by Crippen LogP contribution is 2.22. The van der Waals surface area contributed by atoms with Crippen LogP contribution in [0.25, 0.3) is 0 Å². The van der Waals surface area contributed by atoms with Crippen LogP contribution < -0.4 is 10.2 Å². The molecule has 8 heteroatoms. The second-order valence-electron chi connectivity index (χ2n) is 5.08. The second kappa shape index (κ2) is 9.43. The van der Waals surface area contributed by atoms with Crippen molar-refractivity contribution in [1.29, 1.82) is 0 Å². The largest absolute Gasteiger partial charge is 0.360 e. The molecule has 1 aliphatic heterocycles. The van der Waals surface area contributed by atoms with Crippen LogP contribution in [0, 0.1) is 0 Å². The molecule has 0 amide bonds. The summed E-state index contributed by atoms with van der Waals surface area (Å²) in [4.78, 5) is 13.5. The minimum atomic E-state index is 0. The summed E-state index contributed by atoms with van der Waals surface area (Å²) in [6, 6.07) is 4.31. The molecule has 5 nitrogen and oxygen atoms in total. The van der Waals surface area contributed by atoms with Gasteiger partial charge in [-0.15, -0.1) is 46.7 Å². The van der Waals surface area contributed by atoms with E-state index in [4.69, 9.17) is 0 Å². The van der Waals surface area contributed by atoms with E-state index in [1.165, 1.54) is 10.0 Å².